The highest BCUT2D eigenvalue weighted by atomic mass is 16.2. The van der Waals surface area contributed by atoms with Crippen LogP contribution in [-0.4, -0.2) is 35.8 Å². The Morgan fingerprint density at radius 2 is 2.26 bits per heavy atom. The second-order valence-electron chi connectivity index (χ2n) is 4.97. The lowest BCUT2D eigenvalue weighted by Gasteiger charge is -2.34. The molecule has 1 fully saturated rings. The number of hydrogen-bond acceptors (Lipinski definition) is 2. The molecule has 1 aromatic rings. The van der Waals surface area contributed by atoms with Crippen molar-refractivity contribution in [2.24, 2.45) is 0 Å². The number of benzene rings is 1. The molecule has 2 amide bonds. The monoisotopic (exact) mass is 260 g/mol. The maximum Gasteiger partial charge on any atom is 0.242 e. The third-order valence-electron chi connectivity index (χ3n) is 3.48. The minimum Gasteiger partial charge on any atom is -0.353 e. The first-order chi connectivity index (χ1) is 9.11. The number of carbonyl (C=O) groups is 2. The van der Waals surface area contributed by atoms with Crippen LogP contribution in [0.15, 0.2) is 24.3 Å². The van der Waals surface area contributed by atoms with Gasteiger partial charge in [-0.05, 0) is 18.9 Å². The summed E-state index contributed by atoms with van der Waals surface area (Å²) in [5.74, 6) is -0.00126. The summed E-state index contributed by atoms with van der Waals surface area (Å²) >= 11 is 0. The molecule has 1 aliphatic rings. The van der Waals surface area contributed by atoms with Crippen molar-refractivity contribution in [3.63, 3.8) is 0 Å². The van der Waals surface area contributed by atoms with Crippen LogP contribution < -0.4 is 5.32 Å². The van der Waals surface area contributed by atoms with Crippen molar-refractivity contribution in [1.29, 1.82) is 0 Å². The van der Waals surface area contributed by atoms with Crippen LogP contribution in [0.1, 0.15) is 24.5 Å². The molecule has 0 radical (unpaired) electrons. The SMILES string of the molecule is CCC1C(=O)NCCN1C(=O)Cc1cccc(C)c1. The zero-order chi connectivity index (χ0) is 13.8. The largest absolute Gasteiger partial charge is 0.353 e. The average molecular weight is 260 g/mol. The number of hydrogen-bond donors (Lipinski definition) is 1. The van der Waals surface area contributed by atoms with Gasteiger partial charge in [0.1, 0.15) is 6.04 Å². The molecule has 4 nitrogen and oxygen atoms in total. The van der Waals surface area contributed by atoms with Crippen LogP contribution in [-0.2, 0) is 16.0 Å². The lowest BCUT2D eigenvalue weighted by molar-refractivity contribution is -0.142. The van der Waals surface area contributed by atoms with Crippen molar-refractivity contribution in [3.8, 4) is 0 Å². The number of rotatable bonds is 3. The summed E-state index contributed by atoms with van der Waals surface area (Å²) in [6.07, 6.45) is 1.02. The first-order valence-electron chi connectivity index (χ1n) is 6.74. The molecule has 1 unspecified atom stereocenters. The van der Waals surface area contributed by atoms with Gasteiger partial charge in [-0.15, -0.1) is 0 Å². The molecule has 19 heavy (non-hydrogen) atoms. The van der Waals surface area contributed by atoms with Crippen LogP contribution in [0.4, 0.5) is 0 Å². The van der Waals surface area contributed by atoms with Gasteiger partial charge in [-0.25, -0.2) is 0 Å². The topological polar surface area (TPSA) is 49.4 Å². The van der Waals surface area contributed by atoms with E-state index in [-0.39, 0.29) is 17.9 Å². The summed E-state index contributed by atoms with van der Waals surface area (Å²) in [6, 6.07) is 7.62. The molecule has 0 saturated carbocycles. The molecule has 1 aliphatic heterocycles. The average Bonchev–Trinajstić information content (AvgIpc) is 2.38. The number of nitrogens with one attached hydrogen (secondary N) is 1. The fourth-order valence-corrected chi connectivity index (χ4v) is 2.52. The molecule has 1 heterocycles. The minimum atomic E-state index is -0.314. The molecular formula is C15H20N2O2. The van der Waals surface area contributed by atoms with Gasteiger partial charge < -0.3 is 10.2 Å². The quantitative estimate of drug-likeness (QED) is 0.890. The van der Waals surface area contributed by atoms with E-state index in [9.17, 15) is 9.59 Å². The van der Waals surface area contributed by atoms with Gasteiger partial charge in [0.2, 0.25) is 11.8 Å². The van der Waals surface area contributed by atoms with E-state index in [1.807, 2.05) is 38.1 Å². The Morgan fingerprint density at radius 3 is 2.95 bits per heavy atom. The van der Waals surface area contributed by atoms with Crippen molar-refractivity contribution in [3.05, 3.63) is 35.4 Å². The van der Waals surface area contributed by atoms with E-state index in [1.165, 1.54) is 0 Å². The summed E-state index contributed by atoms with van der Waals surface area (Å²) in [6.45, 7) is 5.10. The highest BCUT2D eigenvalue weighted by molar-refractivity contribution is 5.89. The molecule has 1 saturated heterocycles. The Kier molecular flexibility index (Phi) is 4.20. The Bertz CT molecular complexity index is 485. The van der Waals surface area contributed by atoms with Gasteiger partial charge in [-0.3, -0.25) is 9.59 Å². The first kappa shape index (κ1) is 13.6. The second kappa shape index (κ2) is 5.87. The normalized spacial score (nSPS) is 19.2. The van der Waals surface area contributed by atoms with Gasteiger partial charge in [0.05, 0.1) is 6.42 Å². The molecule has 0 bridgehead atoms. The number of aryl methyl sites for hydroxylation is 1. The minimum absolute atomic E-state index is 0.0345. The van der Waals surface area contributed by atoms with Crippen LogP contribution in [0.25, 0.3) is 0 Å². The molecule has 0 spiro atoms. The van der Waals surface area contributed by atoms with Crippen LogP contribution in [0.3, 0.4) is 0 Å². The van der Waals surface area contributed by atoms with Crippen LogP contribution >= 0.6 is 0 Å². The summed E-state index contributed by atoms with van der Waals surface area (Å²) in [5.41, 5.74) is 2.15. The maximum atomic E-state index is 12.3. The number of carbonyl (C=O) groups excluding carboxylic acids is 2. The number of nitrogens with zero attached hydrogens (tertiary/aromatic N) is 1. The summed E-state index contributed by atoms with van der Waals surface area (Å²) in [4.78, 5) is 25.8. The lowest BCUT2D eigenvalue weighted by atomic mass is 10.1. The Balaban J connectivity index is 2.08. The summed E-state index contributed by atoms with van der Waals surface area (Å²) < 4.78 is 0. The summed E-state index contributed by atoms with van der Waals surface area (Å²) in [7, 11) is 0. The van der Waals surface area contributed by atoms with Crippen molar-refractivity contribution in [2.75, 3.05) is 13.1 Å². The van der Waals surface area contributed by atoms with E-state index in [0.29, 0.717) is 25.9 Å². The van der Waals surface area contributed by atoms with Gasteiger partial charge >= 0.3 is 0 Å². The van der Waals surface area contributed by atoms with Crippen LogP contribution in [0.5, 0.6) is 0 Å². The Hall–Kier alpha value is -1.84. The van der Waals surface area contributed by atoms with Gasteiger partial charge in [0.25, 0.3) is 0 Å². The van der Waals surface area contributed by atoms with E-state index in [2.05, 4.69) is 5.32 Å². The van der Waals surface area contributed by atoms with Crippen LogP contribution in [0.2, 0.25) is 0 Å². The molecule has 0 aromatic heterocycles. The Morgan fingerprint density at radius 1 is 1.47 bits per heavy atom. The zero-order valence-corrected chi connectivity index (χ0v) is 11.5. The number of piperazine rings is 1. The smallest absolute Gasteiger partial charge is 0.242 e. The molecule has 1 N–H and O–H groups in total. The molecule has 1 atom stereocenters. The van der Waals surface area contributed by atoms with E-state index in [0.717, 1.165) is 11.1 Å². The standard InChI is InChI=1S/C15H20N2O2/c1-3-13-15(19)16-7-8-17(13)14(18)10-12-6-4-5-11(2)9-12/h4-6,9,13H,3,7-8,10H2,1-2H3,(H,16,19). The van der Waals surface area contributed by atoms with Crippen LogP contribution in [0, 0.1) is 6.92 Å². The van der Waals surface area contributed by atoms with Gasteiger partial charge in [0, 0.05) is 13.1 Å². The van der Waals surface area contributed by atoms with Gasteiger partial charge in [0.15, 0.2) is 0 Å². The molecule has 2 rings (SSSR count). The zero-order valence-electron chi connectivity index (χ0n) is 11.5. The third kappa shape index (κ3) is 3.13. The van der Waals surface area contributed by atoms with Crippen molar-refractivity contribution >= 4 is 11.8 Å². The number of amides is 2. The van der Waals surface area contributed by atoms with E-state index >= 15 is 0 Å². The fourth-order valence-electron chi connectivity index (χ4n) is 2.52. The lowest BCUT2D eigenvalue weighted by Crippen LogP contribution is -2.57. The molecule has 4 heteroatoms. The molecule has 0 aliphatic carbocycles. The van der Waals surface area contributed by atoms with Crippen molar-refractivity contribution in [2.45, 2.75) is 32.7 Å². The second-order valence-corrected chi connectivity index (χ2v) is 4.97. The maximum absolute atomic E-state index is 12.3. The van der Waals surface area contributed by atoms with Gasteiger partial charge in [-0.2, -0.15) is 0 Å². The predicted molar refractivity (Wildman–Crippen MR) is 73.7 cm³/mol. The van der Waals surface area contributed by atoms with E-state index < -0.39 is 0 Å². The van der Waals surface area contributed by atoms with Gasteiger partial charge in [-0.1, -0.05) is 36.8 Å². The summed E-state index contributed by atoms with van der Waals surface area (Å²) in [5, 5.41) is 2.81. The predicted octanol–water partition coefficient (Wildman–Crippen LogP) is 1.27. The fraction of sp³-hybridized carbons (Fsp3) is 0.467. The molecule has 102 valence electrons. The van der Waals surface area contributed by atoms with Crippen molar-refractivity contribution in [1.82, 2.24) is 10.2 Å². The highest BCUT2D eigenvalue weighted by Gasteiger charge is 2.31. The molecule has 1 aromatic carbocycles. The van der Waals surface area contributed by atoms with E-state index in [1.54, 1.807) is 4.90 Å². The Labute approximate surface area is 113 Å². The highest BCUT2D eigenvalue weighted by Crippen LogP contribution is 2.12. The third-order valence-corrected chi connectivity index (χ3v) is 3.48. The van der Waals surface area contributed by atoms with E-state index in [4.69, 9.17) is 0 Å². The van der Waals surface area contributed by atoms with Crippen molar-refractivity contribution < 1.29 is 9.59 Å². The first-order valence-corrected chi connectivity index (χ1v) is 6.74. The molecular weight excluding hydrogens is 240 g/mol.